The van der Waals surface area contributed by atoms with Gasteiger partial charge in [-0.25, -0.2) is 0 Å². The molecule has 16 heavy (non-hydrogen) atoms. The number of aromatic nitrogens is 3. The zero-order chi connectivity index (χ0) is 11.2. The molecule has 0 atom stereocenters. The van der Waals surface area contributed by atoms with Crippen LogP contribution in [0.3, 0.4) is 0 Å². The van der Waals surface area contributed by atoms with Crippen molar-refractivity contribution in [1.82, 2.24) is 14.8 Å². The molecule has 2 fully saturated rings. The SMILES string of the molecule is CCCC1(Cn2c(C3CC3)n[nH]c2=S)CC1. The Labute approximate surface area is 101 Å². The summed E-state index contributed by atoms with van der Waals surface area (Å²) in [6, 6.07) is 0. The van der Waals surface area contributed by atoms with Crippen molar-refractivity contribution in [2.45, 2.75) is 57.9 Å². The fraction of sp³-hybridized carbons (Fsp3) is 0.833. The third kappa shape index (κ3) is 1.83. The smallest absolute Gasteiger partial charge is 0.195 e. The molecule has 0 bridgehead atoms. The number of rotatable bonds is 5. The van der Waals surface area contributed by atoms with E-state index in [1.807, 2.05) is 0 Å². The van der Waals surface area contributed by atoms with Gasteiger partial charge in [0.15, 0.2) is 4.77 Å². The maximum atomic E-state index is 5.34. The summed E-state index contributed by atoms with van der Waals surface area (Å²) in [7, 11) is 0. The van der Waals surface area contributed by atoms with Crippen molar-refractivity contribution in [2.75, 3.05) is 0 Å². The van der Waals surface area contributed by atoms with Gasteiger partial charge < -0.3 is 4.57 Å². The van der Waals surface area contributed by atoms with E-state index in [-0.39, 0.29) is 0 Å². The van der Waals surface area contributed by atoms with Crippen LogP contribution in [-0.2, 0) is 6.54 Å². The molecule has 0 unspecified atom stereocenters. The molecule has 3 rings (SSSR count). The predicted octanol–water partition coefficient (Wildman–Crippen LogP) is 3.40. The quantitative estimate of drug-likeness (QED) is 0.796. The van der Waals surface area contributed by atoms with Crippen molar-refractivity contribution in [3.63, 3.8) is 0 Å². The molecule has 0 aromatic carbocycles. The Morgan fingerprint density at radius 1 is 1.50 bits per heavy atom. The van der Waals surface area contributed by atoms with E-state index in [9.17, 15) is 0 Å². The third-order valence-electron chi connectivity index (χ3n) is 3.96. The lowest BCUT2D eigenvalue weighted by molar-refractivity contribution is 0.379. The summed E-state index contributed by atoms with van der Waals surface area (Å²) in [5.41, 5.74) is 0.556. The number of nitrogens with zero attached hydrogens (tertiary/aromatic N) is 2. The van der Waals surface area contributed by atoms with Gasteiger partial charge in [0, 0.05) is 12.5 Å². The average molecular weight is 237 g/mol. The highest BCUT2D eigenvalue weighted by molar-refractivity contribution is 7.71. The van der Waals surface area contributed by atoms with Crippen LogP contribution in [0.1, 0.15) is 57.2 Å². The van der Waals surface area contributed by atoms with Crippen LogP contribution >= 0.6 is 12.2 Å². The van der Waals surface area contributed by atoms with E-state index in [1.165, 1.54) is 44.3 Å². The summed E-state index contributed by atoms with van der Waals surface area (Å²) in [5.74, 6) is 1.90. The number of H-pyrrole nitrogens is 1. The van der Waals surface area contributed by atoms with Gasteiger partial charge in [0.2, 0.25) is 0 Å². The molecule has 1 heterocycles. The second kappa shape index (κ2) is 3.69. The van der Waals surface area contributed by atoms with E-state index in [0.29, 0.717) is 11.3 Å². The minimum absolute atomic E-state index is 0.556. The Hall–Kier alpha value is -0.640. The largest absolute Gasteiger partial charge is 0.303 e. The lowest BCUT2D eigenvalue weighted by atomic mass is 10.0. The van der Waals surface area contributed by atoms with Crippen molar-refractivity contribution >= 4 is 12.2 Å². The third-order valence-corrected chi connectivity index (χ3v) is 4.27. The van der Waals surface area contributed by atoms with Crippen LogP contribution in [-0.4, -0.2) is 14.8 Å². The van der Waals surface area contributed by atoms with Crippen LogP contribution in [0, 0.1) is 10.2 Å². The van der Waals surface area contributed by atoms with Crippen molar-refractivity contribution in [2.24, 2.45) is 5.41 Å². The first-order valence-corrected chi connectivity index (χ1v) is 6.80. The van der Waals surface area contributed by atoms with Gasteiger partial charge in [-0.1, -0.05) is 13.3 Å². The lowest BCUT2D eigenvalue weighted by Crippen LogP contribution is -2.14. The lowest BCUT2D eigenvalue weighted by Gasteiger charge is -2.15. The van der Waals surface area contributed by atoms with E-state index >= 15 is 0 Å². The monoisotopic (exact) mass is 237 g/mol. The summed E-state index contributed by atoms with van der Waals surface area (Å²) >= 11 is 5.34. The fourth-order valence-electron chi connectivity index (χ4n) is 2.67. The van der Waals surface area contributed by atoms with E-state index in [1.54, 1.807) is 0 Å². The van der Waals surface area contributed by atoms with Gasteiger partial charge in [-0.05, 0) is 49.7 Å². The van der Waals surface area contributed by atoms with Crippen molar-refractivity contribution < 1.29 is 0 Å². The minimum Gasteiger partial charge on any atom is -0.303 e. The van der Waals surface area contributed by atoms with Crippen LogP contribution in [0.2, 0.25) is 0 Å². The molecule has 3 nitrogen and oxygen atoms in total. The Morgan fingerprint density at radius 3 is 2.81 bits per heavy atom. The normalized spacial score (nSPS) is 22.3. The standard InChI is InChI=1S/C12H19N3S/c1-2-5-12(6-7-12)8-15-10(9-3-4-9)13-14-11(15)16/h9H,2-8H2,1H3,(H,14,16). The molecular formula is C12H19N3S. The van der Waals surface area contributed by atoms with Gasteiger partial charge >= 0.3 is 0 Å². The summed E-state index contributed by atoms with van der Waals surface area (Å²) in [6.07, 6.45) is 7.95. The van der Waals surface area contributed by atoms with Gasteiger partial charge in [0.1, 0.15) is 5.82 Å². The second-order valence-corrected chi connectivity index (χ2v) is 5.88. The fourth-order valence-corrected chi connectivity index (χ4v) is 2.87. The summed E-state index contributed by atoms with van der Waals surface area (Å²) in [6.45, 7) is 3.37. The van der Waals surface area contributed by atoms with Gasteiger partial charge in [-0.3, -0.25) is 5.10 Å². The molecule has 88 valence electrons. The highest BCUT2D eigenvalue weighted by atomic mass is 32.1. The predicted molar refractivity (Wildman–Crippen MR) is 66.0 cm³/mol. The Morgan fingerprint density at radius 2 is 2.25 bits per heavy atom. The van der Waals surface area contributed by atoms with Crippen molar-refractivity contribution in [3.05, 3.63) is 10.6 Å². The molecule has 0 radical (unpaired) electrons. The van der Waals surface area contributed by atoms with Gasteiger partial charge in [-0.2, -0.15) is 5.10 Å². The summed E-state index contributed by atoms with van der Waals surface area (Å²) in [5, 5.41) is 7.36. The van der Waals surface area contributed by atoms with E-state index < -0.39 is 0 Å². The molecule has 2 saturated carbocycles. The highest BCUT2D eigenvalue weighted by Gasteiger charge is 2.43. The molecule has 4 heteroatoms. The number of hydrogen-bond donors (Lipinski definition) is 1. The Balaban J connectivity index is 1.83. The Kier molecular flexibility index (Phi) is 2.42. The zero-order valence-electron chi connectivity index (χ0n) is 9.83. The molecule has 2 aliphatic rings. The zero-order valence-corrected chi connectivity index (χ0v) is 10.6. The van der Waals surface area contributed by atoms with E-state index in [0.717, 1.165) is 11.3 Å². The maximum Gasteiger partial charge on any atom is 0.195 e. The number of hydrogen-bond acceptors (Lipinski definition) is 2. The van der Waals surface area contributed by atoms with Gasteiger partial charge in [0.05, 0.1) is 0 Å². The average Bonchev–Trinajstić information content (AvgIpc) is 3.14. The molecule has 0 aliphatic heterocycles. The van der Waals surface area contributed by atoms with E-state index in [2.05, 4.69) is 21.7 Å². The molecule has 0 spiro atoms. The van der Waals surface area contributed by atoms with Crippen LogP contribution < -0.4 is 0 Å². The number of nitrogens with one attached hydrogen (secondary N) is 1. The molecular weight excluding hydrogens is 218 g/mol. The molecule has 0 saturated heterocycles. The van der Waals surface area contributed by atoms with Crippen molar-refractivity contribution in [1.29, 1.82) is 0 Å². The van der Waals surface area contributed by atoms with Gasteiger partial charge in [-0.15, -0.1) is 0 Å². The van der Waals surface area contributed by atoms with Crippen LogP contribution in [0.15, 0.2) is 0 Å². The minimum atomic E-state index is 0.556. The molecule has 1 N–H and O–H groups in total. The first kappa shape index (κ1) is 10.5. The van der Waals surface area contributed by atoms with Crippen molar-refractivity contribution in [3.8, 4) is 0 Å². The first-order chi connectivity index (χ1) is 7.74. The summed E-state index contributed by atoms with van der Waals surface area (Å²) < 4.78 is 3.10. The molecule has 0 amide bonds. The highest BCUT2D eigenvalue weighted by Crippen LogP contribution is 2.51. The first-order valence-electron chi connectivity index (χ1n) is 6.39. The van der Waals surface area contributed by atoms with E-state index in [4.69, 9.17) is 12.2 Å². The summed E-state index contributed by atoms with van der Waals surface area (Å²) in [4.78, 5) is 0. The topological polar surface area (TPSA) is 33.6 Å². The van der Waals surface area contributed by atoms with Crippen LogP contribution in [0.25, 0.3) is 0 Å². The van der Waals surface area contributed by atoms with Crippen LogP contribution in [0.4, 0.5) is 0 Å². The molecule has 1 aromatic heterocycles. The number of aromatic amines is 1. The molecule has 1 aromatic rings. The molecule has 2 aliphatic carbocycles. The Bertz CT molecular complexity index is 437. The van der Waals surface area contributed by atoms with Crippen LogP contribution in [0.5, 0.6) is 0 Å². The maximum absolute atomic E-state index is 5.34. The second-order valence-electron chi connectivity index (χ2n) is 5.50. The van der Waals surface area contributed by atoms with Gasteiger partial charge in [0.25, 0.3) is 0 Å².